The van der Waals surface area contributed by atoms with Crippen LogP contribution in [0, 0.1) is 5.41 Å². The second kappa shape index (κ2) is 3.37. The third-order valence-corrected chi connectivity index (χ3v) is 1.92. The summed E-state index contributed by atoms with van der Waals surface area (Å²) in [5.41, 5.74) is 4.13. The molecule has 4 heteroatoms. The molecule has 64 valence electrons. The highest BCUT2D eigenvalue weighted by Gasteiger charge is 2.31. The van der Waals surface area contributed by atoms with E-state index in [1.165, 1.54) is 0 Å². The Morgan fingerprint density at radius 1 is 1.55 bits per heavy atom. The molecule has 0 fully saturated rings. The predicted octanol–water partition coefficient (Wildman–Crippen LogP) is 0.363. The van der Waals surface area contributed by atoms with E-state index in [4.69, 9.17) is 10.8 Å². The number of hydrogen-bond acceptors (Lipinski definition) is 2. The summed E-state index contributed by atoms with van der Waals surface area (Å²) in [6, 6.07) is 0. The number of rotatable bonds is 4. The van der Waals surface area contributed by atoms with E-state index in [-0.39, 0.29) is 6.42 Å². The van der Waals surface area contributed by atoms with Crippen molar-refractivity contribution in [3.05, 3.63) is 0 Å². The maximum Gasteiger partial charge on any atom is 0.304 e. The Morgan fingerprint density at radius 3 is 2.09 bits per heavy atom. The van der Waals surface area contributed by atoms with Gasteiger partial charge in [0, 0.05) is 0 Å². The lowest BCUT2D eigenvalue weighted by molar-refractivity contribution is -0.143. The van der Waals surface area contributed by atoms with Gasteiger partial charge in [-0.3, -0.25) is 9.59 Å². The van der Waals surface area contributed by atoms with Crippen molar-refractivity contribution >= 4 is 11.9 Å². The molecule has 0 heterocycles. The van der Waals surface area contributed by atoms with Crippen molar-refractivity contribution in [2.75, 3.05) is 0 Å². The van der Waals surface area contributed by atoms with Crippen LogP contribution in [0.15, 0.2) is 0 Å². The second-order valence-electron chi connectivity index (χ2n) is 2.85. The molecule has 1 atom stereocenters. The molecule has 0 aliphatic rings. The zero-order chi connectivity index (χ0) is 9.07. The van der Waals surface area contributed by atoms with E-state index >= 15 is 0 Å². The first-order valence-corrected chi connectivity index (χ1v) is 3.44. The molecule has 0 aliphatic heterocycles. The topological polar surface area (TPSA) is 80.4 Å². The summed E-state index contributed by atoms with van der Waals surface area (Å²) in [6.45, 7) is 3.30. The zero-order valence-corrected chi connectivity index (χ0v) is 6.76. The van der Waals surface area contributed by atoms with Crippen LogP contribution in [0.1, 0.15) is 26.7 Å². The van der Waals surface area contributed by atoms with Gasteiger partial charge in [0.2, 0.25) is 5.91 Å². The van der Waals surface area contributed by atoms with Crippen molar-refractivity contribution in [2.24, 2.45) is 11.1 Å². The number of amides is 1. The van der Waals surface area contributed by atoms with Crippen molar-refractivity contribution in [3.63, 3.8) is 0 Å². The fourth-order valence-electron chi connectivity index (χ4n) is 0.720. The minimum atomic E-state index is -0.992. The summed E-state index contributed by atoms with van der Waals surface area (Å²) < 4.78 is 0. The maximum atomic E-state index is 10.7. The summed E-state index contributed by atoms with van der Waals surface area (Å²) in [7, 11) is 0. The van der Waals surface area contributed by atoms with Gasteiger partial charge >= 0.3 is 5.97 Å². The van der Waals surface area contributed by atoms with Gasteiger partial charge in [0.25, 0.3) is 0 Å². The quantitative estimate of drug-likeness (QED) is 0.621. The molecule has 0 aromatic rings. The molecule has 0 rings (SSSR count). The Kier molecular flexibility index (Phi) is 3.04. The summed E-state index contributed by atoms with van der Waals surface area (Å²) >= 11 is 0. The van der Waals surface area contributed by atoms with Crippen LogP contribution >= 0.6 is 0 Å². The fourth-order valence-corrected chi connectivity index (χ4v) is 0.720. The van der Waals surface area contributed by atoms with Crippen LogP contribution in [0.5, 0.6) is 0 Å². The number of primary amides is 1. The molecular formula is C7H13NO3. The van der Waals surface area contributed by atoms with Crippen LogP contribution in [-0.4, -0.2) is 17.0 Å². The summed E-state index contributed by atoms with van der Waals surface area (Å²) in [4.78, 5) is 21.0. The second-order valence-corrected chi connectivity index (χ2v) is 2.85. The molecule has 0 saturated heterocycles. The molecule has 0 aromatic heterocycles. The summed E-state index contributed by atoms with van der Waals surface area (Å²) in [6.07, 6.45) is 0.257. The summed E-state index contributed by atoms with van der Waals surface area (Å²) in [5.74, 6) is -1.55. The van der Waals surface area contributed by atoms with E-state index in [1.807, 2.05) is 0 Å². The van der Waals surface area contributed by atoms with Gasteiger partial charge in [0.1, 0.15) is 0 Å². The lowest BCUT2D eigenvalue weighted by Crippen LogP contribution is -2.35. The average molecular weight is 159 g/mol. The van der Waals surface area contributed by atoms with E-state index in [0.717, 1.165) is 0 Å². The monoisotopic (exact) mass is 159 g/mol. The average Bonchev–Trinajstić information content (AvgIpc) is 1.86. The predicted molar refractivity (Wildman–Crippen MR) is 39.8 cm³/mol. The van der Waals surface area contributed by atoms with Crippen LogP contribution in [0.25, 0.3) is 0 Å². The van der Waals surface area contributed by atoms with Crippen molar-refractivity contribution in [1.29, 1.82) is 0 Å². The molecule has 3 N–H and O–H groups in total. The van der Waals surface area contributed by atoms with Gasteiger partial charge in [0.15, 0.2) is 0 Å². The van der Waals surface area contributed by atoms with Crippen LogP contribution in [-0.2, 0) is 9.59 Å². The molecule has 1 unspecified atom stereocenters. The Bertz CT molecular complexity index is 179. The highest BCUT2D eigenvalue weighted by Crippen LogP contribution is 2.24. The van der Waals surface area contributed by atoms with Crippen LogP contribution in [0.3, 0.4) is 0 Å². The highest BCUT2D eigenvalue weighted by molar-refractivity contribution is 5.85. The molecule has 0 spiro atoms. The van der Waals surface area contributed by atoms with Gasteiger partial charge in [0.05, 0.1) is 11.8 Å². The smallest absolute Gasteiger partial charge is 0.304 e. The van der Waals surface area contributed by atoms with Gasteiger partial charge in [-0.05, 0) is 6.42 Å². The Labute approximate surface area is 65.4 Å². The SMILES string of the molecule is CCC(C)(CC(=O)O)C(N)=O. The zero-order valence-electron chi connectivity index (χ0n) is 6.76. The lowest BCUT2D eigenvalue weighted by atomic mass is 9.83. The number of nitrogens with two attached hydrogens (primary N) is 1. The Morgan fingerprint density at radius 2 is 2.00 bits per heavy atom. The number of carbonyl (C=O) groups is 2. The third-order valence-electron chi connectivity index (χ3n) is 1.92. The van der Waals surface area contributed by atoms with E-state index in [0.29, 0.717) is 6.42 Å². The highest BCUT2D eigenvalue weighted by atomic mass is 16.4. The largest absolute Gasteiger partial charge is 0.481 e. The fraction of sp³-hybridized carbons (Fsp3) is 0.714. The molecule has 0 radical (unpaired) electrons. The molecule has 0 aliphatic carbocycles. The summed E-state index contributed by atoms with van der Waals surface area (Å²) in [5, 5.41) is 8.42. The number of carbonyl (C=O) groups excluding carboxylic acids is 1. The maximum absolute atomic E-state index is 10.7. The van der Waals surface area contributed by atoms with Crippen LogP contribution in [0.2, 0.25) is 0 Å². The molecular weight excluding hydrogens is 146 g/mol. The number of carboxylic acid groups (broad SMARTS) is 1. The normalized spacial score (nSPS) is 15.5. The van der Waals surface area contributed by atoms with E-state index in [9.17, 15) is 9.59 Å². The van der Waals surface area contributed by atoms with Gasteiger partial charge in [-0.25, -0.2) is 0 Å². The van der Waals surface area contributed by atoms with Gasteiger partial charge in [-0.1, -0.05) is 13.8 Å². The number of aliphatic carboxylic acids is 1. The van der Waals surface area contributed by atoms with Crippen LogP contribution in [0.4, 0.5) is 0 Å². The van der Waals surface area contributed by atoms with Crippen molar-refractivity contribution in [2.45, 2.75) is 26.7 Å². The third kappa shape index (κ3) is 2.57. The van der Waals surface area contributed by atoms with Gasteiger partial charge in [-0.2, -0.15) is 0 Å². The molecule has 0 saturated carbocycles. The van der Waals surface area contributed by atoms with Gasteiger partial charge in [-0.15, -0.1) is 0 Å². The molecule has 1 amide bonds. The Hall–Kier alpha value is -1.06. The van der Waals surface area contributed by atoms with E-state index in [2.05, 4.69) is 0 Å². The van der Waals surface area contributed by atoms with E-state index in [1.54, 1.807) is 13.8 Å². The number of carboxylic acids is 1. The molecule has 11 heavy (non-hydrogen) atoms. The van der Waals surface area contributed by atoms with Gasteiger partial charge < -0.3 is 10.8 Å². The Balaban J connectivity index is 4.34. The molecule has 4 nitrogen and oxygen atoms in total. The first kappa shape index (κ1) is 9.94. The first-order chi connectivity index (χ1) is 4.92. The number of hydrogen-bond donors (Lipinski definition) is 2. The minimum absolute atomic E-state index is 0.196. The molecule has 0 aromatic carbocycles. The van der Waals surface area contributed by atoms with E-state index < -0.39 is 17.3 Å². The molecule has 0 bridgehead atoms. The standard InChI is InChI=1S/C7H13NO3/c1-3-7(2,6(8)11)4-5(9)10/h3-4H2,1-2H3,(H2,8,11)(H,9,10). The van der Waals surface area contributed by atoms with Crippen molar-refractivity contribution < 1.29 is 14.7 Å². The first-order valence-electron chi connectivity index (χ1n) is 3.44. The van der Waals surface area contributed by atoms with Crippen molar-refractivity contribution in [1.82, 2.24) is 0 Å². The lowest BCUT2D eigenvalue weighted by Gasteiger charge is -2.21. The van der Waals surface area contributed by atoms with Crippen LogP contribution < -0.4 is 5.73 Å². The minimum Gasteiger partial charge on any atom is -0.481 e. The van der Waals surface area contributed by atoms with Crippen molar-refractivity contribution in [3.8, 4) is 0 Å².